The lowest BCUT2D eigenvalue weighted by Gasteiger charge is -2.22. The normalized spacial score (nSPS) is 16.5. The first-order valence-corrected chi connectivity index (χ1v) is 7.98. The van der Waals surface area contributed by atoms with Gasteiger partial charge in [-0.1, -0.05) is 36.4 Å². The van der Waals surface area contributed by atoms with Gasteiger partial charge in [-0.05, 0) is 41.3 Å². The molecular formula is C20H19NO3. The molecule has 0 fully saturated rings. The van der Waals surface area contributed by atoms with Crippen molar-refractivity contribution in [1.29, 1.82) is 0 Å². The molecule has 0 saturated heterocycles. The summed E-state index contributed by atoms with van der Waals surface area (Å²) < 4.78 is 5.09. The number of esters is 1. The summed E-state index contributed by atoms with van der Waals surface area (Å²) in [5, 5.41) is 9.86. The molecule has 0 saturated carbocycles. The third-order valence-corrected chi connectivity index (χ3v) is 3.93. The topological polar surface area (TPSA) is 58.9 Å². The summed E-state index contributed by atoms with van der Waals surface area (Å²) in [6.45, 7) is 2.11. The van der Waals surface area contributed by atoms with E-state index in [0.29, 0.717) is 6.61 Å². The van der Waals surface area contributed by atoms with Crippen LogP contribution in [-0.2, 0) is 9.53 Å². The van der Waals surface area contributed by atoms with E-state index in [-0.39, 0.29) is 17.8 Å². The van der Waals surface area contributed by atoms with Crippen molar-refractivity contribution in [3.8, 4) is 5.75 Å². The Morgan fingerprint density at radius 1 is 1.29 bits per heavy atom. The zero-order valence-electron chi connectivity index (χ0n) is 13.5. The maximum Gasteiger partial charge on any atom is 0.331 e. The van der Waals surface area contributed by atoms with Crippen molar-refractivity contribution in [3.05, 3.63) is 71.3 Å². The number of aliphatic imine (C=N–C) groups is 1. The minimum Gasteiger partial charge on any atom is -0.508 e. The van der Waals surface area contributed by atoms with Gasteiger partial charge in [0.05, 0.1) is 12.6 Å². The highest BCUT2D eigenvalue weighted by Crippen LogP contribution is 2.36. The smallest absolute Gasteiger partial charge is 0.331 e. The predicted octanol–water partition coefficient (Wildman–Crippen LogP) is 3.90. The van der Waals surface area contributed by atoms with Crippen molar-refractivity contribution >= 4 is 17.8 Å². The van der Waals surface area contributed by atoms with E-state index in [1.807, 2.05) is 42.6 Å². The van der Waals surface area contributed by atoms with E-state index < -0.39 is 0 Å². The van der Waals surface area contributed by atoms with Gasteiger partial charge in [0, 0.05) is 18.7 Å². The molecule has 0 bridgehead atoms. The minimum atomic E-state index is -0.382. The van der Waals surface area contributed by atoms with E-state index in [0.717, 1.165) is 28.7 Å². The average molecular weight is 321 g/mol. The van der Waals surface area contributed by atoms with Crippen LogP contribution in [0.5, 0.6) is 5.75 Å². The molecule has 2 aromatic rings. The fourth-order valence-corrected chi connectivity index (χ4v) is 2.73. The molecule has 0 spiro atoms. The molecule has 3 rings (SSSR count). The molecule has 1 aliphatic rings. The maximum absolute atomic E-state index is 12.1. The Bertz CT molecular complexity index is 794. The van der Waals surface area contributed by atoms with Crippen molar-refractivity contribution < 1.29 is 14.6 Å². The first-order valence-electron chi connectivity index (χ1n) is 7.98. The number of benzene rings is 2. The van der Waals surface area contributed by atoms with E-state index in [4.69, 9.17) is 4.74 Å². The van der Waals surface area contributed by atoms with E-state index in [2.05, 4.69) is 4.99 Å². The van der Waals surface area contributed by atoms with Crippen molar-refractivity contribution in [2.75, 3.05) is 6.61 Å². The van der Waals surface area contributed by atoms with Gasteiger partial charge in [0.2, 0.25) is 0 Å². The summed E-state index contributed by atoms with van der Waals surface area (Å²) in [5.74, 6) is -0.188. The number of phenolic OH excluding ortho intramolecular Hbond substituents is 1. The highest BCUT2D eigenvalue weighted by atomic mass is 16.5. The number of carbonyl (C=O) groups is 1. The summed E-state index contributed by atoms with van der Waals surface area (Å²) in [6.07, 6.45) is 4.20. The Morgan fingerprint density at radius 3 is 2.67 bits per heavy atom. The molecule has 1 heterocycles. The van der Waals surface area contributed by atoms with Gasteiger partial charge in [0.15, 0.2) is 0 Å². The van der Waals surface area contributed by atoms with Crippen LogP contribution in [0.25, 0.3) is 5.57 Å². The monoisotopic (exact) mass is 321 g/mol. The van der Waals surface area contributed by atoms with E-state index >= 15 is 0 Å². The molecule has 1 N–H and O–H groups in total. The van der Waals surface area contributed by atoms with Gasteiger partial charge in [-0.15, -0.1) is 0 Å². The van der Waals surface area contributed by atoms with Crippen LogP contribution in [0.2, 0.25) is 0 Å². The number of rotatable bonds is 5. The fourth-order valence-electron chi connectivity index (χ4n) is 2.73. The molecule has 0 radical (unpaired) electrons. The third-order valence-electron chi connectivity index (χ3n) is 3.93. The van der Waals surface area contributed by atoms with Gasteiger partial charge in [-0.3, -0.25) is 4.99 Å². The largest absolute Gasteiger partial charge is 0.508 e. The van der Waals surface area contributed by atoms with Crippen LogP contribution in [0.3, 0.4) is 0 Å². The Hall–Kier alpha value is -2.88. The summed E-state index contributed by atoms with van der Waals surface area (Å²) in [5.41, 5.74) is 3.48. The van der Waals surface area contributed by atoms with Crippen molar-refractivity contribution in [2.45, 2.75) is 19.4 Å². The van der Waals surface area contributed by atoms with Crippen molar-refractivity contribution in [3.63, 3.8) is 0 Å². The first kappa shape index (κ1) is 16.0. The Balaban J connectivity index is 2.12. The van der Waals surface area contributed by atoms with Gasteiger partial charge in [0.1, 0.15) is 5.75 Å². The number of aromatic hydroxyl groups is 1. The maximum atomic E-state index is 12.1. The Kier molecular flexibility index (Phi) is 4.75. The molecule has 0 aromatic heterocycles. The molecular weight excluding hydrogens is 302 g/mol. The van der Waals surface area contributed by atoms with Crippen LogP contribution in [-0.4, -0.2) is 23.9 Å². The van der Waals surface area contributed by atoms with E-state index in [9.17, 15) is 9.90 Å². The van der Waals surface area contributed by atoms with E-state index in [1.165, 1.54) is 6.08 Å². The average Bonchev–Trinajstić information content (AvgIpc) is 2.53. The molecule has 4 heteroatoms. The molecule has 1 aliphatic heterocycles. The lowest BCUT2D eigenvalue weighted by atomic mass is 9.88. The Labute approximate surface area is 141 Å². The van der Waals surface area contributed by atoms with Crippen LogP contribution in [0.15, 0.2) is 59.6 Å². The van der Waals surface area contributed by atoms with Crippen LogP contribution < -0.4 is 0 Å². The SMILES string of the molecule is CCOC(=O)/C=C(/c1ccccc1)c1ccc(O)cc1C1CC=N1. The number of nitrogens with zero attached hydrogens (tertiary/aromatic N) is 1. The number of carbonyl (C=O) groups excluding carboxylic acids is 1. The van der Waals surface area contributed by atoms with Gasteiger partial charge < -0.3 is 9.84 Å². The first-order chi connectivity index (χ1) is 11.7. The van der Waals surface area contributed by atoms with Gasteiger partial charge in [-0.25, -0.2) is 4.79 Å². The molecule has 122 valence electrons. The number of hydrogen-bond donors (Lipinski definition) is 1. The number of hydrogen-bond acceptors (Lipinski definition) is 4. The highest BCUT2D eigenvalue weighted by Gasteiger charge is 2.21. The molecule has 1 unspecified atom stereocenters. The van der Waals surface area contributed by atoms with Gasteiger partial charge in [0.25, 0.3) is 0 Å². The van der Waals surface area contributed by atoms with Crippen LogP contribution in [0.1, 0.15) is 36.1 Å². The zero-order chi connectivity index (χ0) is 16.9. The molecule has 1 atom stereocenters. The van der Waals surface area contributed by atoms with Gasteiger partial charge >= 0.3 is 5.97 Å². The van der Waals surface area contributed by atoms with Crippen LogP contribution in [0.4, 0.5) is 0 Å². The second-order valence-corrected chi connectivity index (χ2v) is 5.53. The third kappa shape index (κ3) is 3.38. The number of phenols is 1. The standard InChI is InChI=1S/C20H19NO3/c1-2-24-20(23)13-17(14-6-4-3-5-7-14)16-9-8-15(22)12-18(16)19-10-11-21-19/h3-9,11-13,19,22H,2,10H2,1H3/b17-13-. The molecule has 24 heavy (non-hydrogen) atoms. The quantitative estimate of drug-likeness (QED) is 0.671. The fraction of sp³-hybridized carbons (Fsp3) is 0.200. The molecule has 2 aromatic carbocycles. The summed E-state index contributed by atoms with van der Waals surface area (Å²) >= 11 is 0. The second kappa shape index (κ2) is 7.13. The van der Waals surface area contributed by atoms with Gasteiger partial charge in [-0.2, -0.15) is 0 Å². The lowest BCUT2D eigenvalue weighted by molar-refractivity contribution is -0.137. The zero-order valence-corrected chi connectivity index (χ0v) is 13.5. The van der Waals surface area contributed by atoms with Crippen molar-refractivity contribution in [1.82, 2.24) is 0 Å². The van der Waals surface area contributed by atoms with Crippen molar-refractivity contribution in [2.24, 2.45) is 4.99 Å². The summed E-state index contributed by atoms with van der Waals surface area (Å²) in [7, 11) is 0. The van der Waals surface area contributed by atoms with Crippen LogP contribution >= 0.6 is 0 Å². The summed E-state index contributed by atoms with van der Waals surface area (Å²) in [6, 6.07) is 14.9. The molecule has 0 aliphatic carbocycles. The minimum absolute atomic E-state index is 0.0152. The summed E-state index contributed by atoms with van der Waals surface area (Å²) in [4.78, 5) is 16.4. The van der Waals surface area contributed by atoms with Crippen LogP contribution in [0, 0.1) is 0 Å². The van der Waals surface area contributed by atoms with E-state index in [1.54, 1.807) is 19.1 Å². The Morgan fingerprint density at radius 2 is 2.04 bits per heavy atom. The second-order valence-electron chi connectivity index (χ2n) is 5.53. The number of ether oxygens (including phenoxy) is 1. The molecule has 0 amide bonds. The predicted molar refractivity (Wildman–Crippen MR) is 94.1 cm³/mol. The lowest BCUT2D eigenvalue weighted by Crippen LogP contribution is -2.09. The molecule has 4 nitrogen and oxygen atoms in total. The highest BCUT2D eigenvalue weighted by molar-refractivity contribution is 5.97.